The van der Waals surface area contributed by atoms with E-state index in [0.717, 1.165) is 44.9 Å². The predicted molar refractivity (Wildman–Crippen MR) is 80.4 cm³/mol. The molecule has 21 heavy (non-hydrogen) atoms. The smallest absolute Gasteiger partial charge is 0.409 e. The third kappa shape index (κ3) is 2.80. The van der Waals surface area contributed by atoms with Gasteiger partial charge in [-0.2, -0.15) is 0 Å². The summed E-state index contributed by atoms with van der Waals surface area (Å²) in [6.45, 7) is 0. The minimum absolute atomic E-state index is 0.0169. The van der Waals surface area contributed by atoms with Crippen LogP contribution in [0.1, 0.15) is 44.1 Å². The molecule has 1 aromatic carbocycles. The molecule has 3 aliphatic rings. The molecule has 3 fully saturated rings. The Balaban J connectivity index is 1.67. The first-order chi connectivity index (χ1) is 10.0. The summed E-state index contributed by atoms with van der Waals surface area (Å²) in [6, 6.07) is 7.66. The van der Waals surface area contributed by atoms with E-state index in [1.807, 2.05) is 24.3 Å². The molecule has 2 N–H and O–H groups in total. The summed E-state index contributed by atoms with van der Waals surface area (Å²) in [6.07, 6.45) is 7.73. The van der Waals surface area contributed by atoms with Crippen molar-refractivity contribution in [2.75, 3.05) is 5.32 Å². The van der Waals surface area contributed by atoms with Crippen LogP contribution in [0.25, 0.3) is 0 Å². The standard InChI is InChI=1S/C17H21NO3/c19-12-17-8-5-16(6-9-17,7-10-17)11-13-1-3-14(4-2-13)18-15(20)21/h1-4,12,18H,5-11H2,(H,20,21). The van der Waals surface area contributed by atoms with Gasteiger partial charge in [-0.1, -0.05) is 12.1 Å². The molecule has 0 radical (unpaired) electrons. The molecule has 0 aromatic heterocycles. The lowest BCUT2D eigenvalue weighted by atomic mass is 9.53. The van der Waals surface area contributed by atoms with Gasteiger partial charge in [0, 0.05) is 11.1 Å². The van der Waals surface area contributed by atoms with E-state index < -0.39 is 6.09 Å². The van der Waals surface area contributed by atoms with E-state index >= 15 is 0 Å². The zero-order valence-electron chi connectivity index (χ0n) is 12.1. The van der Waals surface area contributed by atoms with Gasteiger partial charge in [0.05, 0.1) is 0 Å². The molecule has 2 bridgehead atoms. The maximum atomic E-state index is 11.3. The molecule has 3 saturated carbocycles. The molecule has 4 nitrogen and oxygen atoms in total. The summed E-state index contributed by atoms with van der Waals surface area (Å²) in [7, 11) is 0. The van der Waals surface area contributed by atoms with Crippen molar-refractivity contribution in [1.82, 2.24) is 0 Å². The zero-order chi connectivity index (χ0) is 14.9. The van der Waals surface area contributed by atoms with Gasteiger partial charge in [-0.25, -0.2) is 4.79 Å². The van der Waals surface area contributed by atoms with E-state index in [4.69, 9.17) is 5.11 Å². The van der Waals surface area contributed by atoms with E-state index in [0.29, 0.717) is 11.1 Å². The minimum Gasteiger partial charge on any atom is -0.465 e. The number of anilines is 1. The fourth-order valence-electron chi connectivity index (χ4n) is 4.00. The first kappa shape index (κ1) is 14.1. The van der Waals surface area contributed by atoms with Crippen molar-refractivity contribution in [3.8, 4) is 0 Å². The van der Waals surface area contributed by atoms with Crippen molar-refractivity contribution < 1.29 is 14.7 Å². The molecule has 3 aliphatic carbocycles. The first-order valence-corrected chi connectivity index (χ1v) is 7.60. The summed E-state index contributed by atoms with van der Waals surface area (Å²) in [5.41, 5.74) is 2.20. The van der Waals surface area contributed by atoms with Gasteiger partial charge in [0.15, 0.2) is 0 Å². The first-order valence-electron chi connectivity index (χ1n) is 7.60. The van der Waals surface area contributed by atoms with E-state index in [1.54, 1.807) is 0 Å². The fourth-order valence-corrected chi connectivity index (χ4v) is 4.00. The molecule has 1 aromatic rings. The van der Waals surface area contributed by atoms with Gasteiger partial charge in [0.2, 0.25) is 0 Å². The molecule has 0 aliphatic heterocycles. The lowest BCUT2D eigenvalue weighted by Gasteiger charge is -2.51. The van der Waals surface area contributed by atoms with Crippen LogP contribution in [0.2, 0.25) is 0 Å². The SMILES string of the molecule is O=CC12CCC(Cc3ccc(NC(=O)O)cc3)(CC1)CC2. The van der Waals surface area contributed by atoms with Gasteiger partial charge in [-0.3, -0.25) is 5.32 Å². The predicted octanol–water partition coefficient (Wildman–Crippen LogP) is 3.86. The maximum absolute atomic E-state index is 11.3. The number of aldehydes is 1. The zero-order valence-corrected chi connectivity index (χ0v) is 12.1. The number of hydrogen-bond donors (Lipinski definition) is 2. The second-order valence-corrected chi connectivity index (χ2v) is 6.78. The summed E-state index contributed by atoms with van der Waals surface area (Å²) in [5, 5.41) is 11.0. The third-order valence-electron chi connectivity index (χ3n) is 5.49. The van der Waals surface area contributed by atoms with Crippen LogP contribution in [0.5, 0.6) is 0 Å². The van der Waals surface area contributed by atoms with E-state index in [9.17, 15) is 9.59 Å². The number of hydrogen-bond acceptors (Lipinski definition) is 2. The number of carbonyl (C=O) groups is 2. The molecule has 4 heteroatoms. The van der Waals surface area contributed by atoms with Crippen molar-refractivity contribution in [1.29, 1.82) is 0 Å². The van der Waals surface area contributed by atoms with Gasteiger partial charge >= 0.3 is 6.09 Å². The summed E-state index contributed by atoms with van der Waals surface area (Å²) >= 11 is 0. The molecule has 112 valence electrons. The summed E-state index contributed by atoms with van der Waals surface area (Å²) < 4.78 is 0. The van der Waals surface area contributed by atoms with Gasteiger partial charge in [-0.15, -0.1) is 0 Å². The fraction of sp³-hybridized carbons (Fsp3) is 0.529. The lowest BCUT2D eigenvalue weighted by Crippen LogP contribution is -2.43. The number of amides is 1. The monoisotopic (exact) mass is 287 g/mol. The highest BCUT2D eigenvalue weighted by molar-refractivity contribution is 5.82. The van der Waals surface area contributed by atoms with Crippen LogP contribution < -0.4 is 5.32 Å². The molecule has 0 unspecified atom stereocenters. The Kier molecular flexibility index (Phi) is 3.47. The van der Waals surface area contributed by atoms with E-state index in [2.05, 4.69) is 5.32 Å². The molecule has 0 spiro atoms. The Morgan fingerprint density at radius 3 is 2.14 bits per heavy atom. The van der Waals surface area contributed by atoms with E-state index in [1.165, 1.54) is 11.8 Å². The molecular formula is C17H21NO3. The Morgan fingerprint density at radius 2 is 1.67 bits per heavy atom. The van der Waals surface area contributed by atoms with Crippen LogP contribution in [-0.2, 0) is 11.2 Å². The van der Waals surface area contributed by atoms with Gasteiger partial charge < -0.3 is 9.90 Å². The quantitative estimate of drug-likeness (QED) is 0.826. The second-order valence-electron chi connectivity index (χ2n) is 6.78. The topological polar surface area (TPSA) is 66.4 Å². The molecular weight excluding hydrogens is 266 g/mol. The molecule has 0 saturated heterocycles. The van der Waals surface area contributed by atoms with Crippen molar-refractivity contribution in [3.05, 3.63) is 29.8 Å². The van der Waals surface area contributed by atoms with Gasteiger partial charge in [-0.05, 0) is 68.1 Å². The minimum atomic E-state index is -1.04. The van der Waals surface area contributed by atoms with Crippen LogP contribution in [0.4, 0.5) is 10.5 Å². The average molecular weight is 287 g/mol. The number of carboxylic acid groups (broad SMARTS) is 1. The van der Waals surface area contributed by atoms with Crippen molar-refractivity contribution in [3.63, 3.8) is 0 Å². The molecule has 1 amide bonds. The largest absolute Gasteiger partial charge is 0.465 e. The Hall–Kier alpha value is -1.84. The van der Waals surface area contributed by atoms with Crippen LogP contribution in [0.3, 0.4) is 0 Å². The Morgan fingerprint density at radius 1 is 1.10 bits per heavy atom. The van der Waals surface area contributed by atoms with E-state index in [-0.39, 0.29) is 5.41 Å². The van der Waals surface area contributed by atoms with Gasteiger partial charge in [0.25, 0.3) is 0 Å². The van der Waals surface area contributed by atoms with Crippen molar-refractivity contribution in [2.45, 2.75) is 44.9 Å². The molecule has 0 heterocycles. The Labute approximate surface area is 124 Å². The third-order valence-corrected chi connectivity index (χ3v) is 5.49. The highest BCUT2D eigenvalue weighted by Crippen LogP contribution is 2.57. The average Bonchev–Trinajstić information content (AvgIpc) is 2.51. The van der Waals surface area contributed by atoms with Crippen LogP contribution >= 0.6 is 0 Å². The normalized spacial score (nSPS) is 30.9. The maximum Gasteiger partial charge on any atom is 0.409 e. The molecule has 4 rings (SSSR count). The Bertz CT molecular complexity index is 525. The number of fused-ring (bicyclic) bond motifs is 3. The van der Waals surface area contributed by atoms with Crippen LogP contribution in [0, 0.1) is 10.8 Å². The van der Waals surface area contributed by atoms with Crippen LogP contribution in [-0.4, -0.2) is 17.5 Å². The van der Waals surface area contributed by atoms with Gasteiger partial charge in [0.1, 0.15) is 6.29 Å². The number of rotatable bonds is 4. The van der Waals surface area contributed by atoms with Crippen molar-refractivity contribution in [2.24, 2.45) is 10.8 Å². The highest BCUT2D eigenvalue weighted by Gasteiger charge is 2.48. The number of nitrogens with one attached hydrogen (secondary N) is 1. The number of carbonyl (C=O) groups excluding carboxylic acids is 1. The summed E-state index contributed by atoms with van der Waals surface area (Å²) in [4.78, 5) is 21.9. The highest BCUT2D eigenvalue weighted by atomic mass is 16.4. The number of benzene rings is 1. The van der Waals surface area contributed by atoms with Crippen molar-refractivity contribution >= 4 is 18.1 Å². The summed E-state index contributed by atoms with van der Waals surface area (Å²) in [5.74, 6) is 0. The lowest BCUT2D eigenvalue weighted by molar-refractivity contribution is -0.124. The molecule has 0 atom stereocenters. The second kappa shape index (κ2) is 5.17. The van der Waals surface area contributed by atoms with Crippen LogP contribution in [0.15, 0.2) is 24.3 Å².